The van der Waals surface area contributed by atoms with Crippen molar-refractivity contribution in [3.8, 4) is 12.3 Å². The molecule has 2 unspecified atom stereocenters. The molecule has 1 aromatic heterocycles. The van der Waals surface area contributed by atoms with E-state index >= 15 is 0 Å². The van der Waals surface area contributed by atoms with Gasteiger partial charge in [0.25, 0.3) is 0 Å². The van der Waals surface area contributed by atoms with Crippen LogP contribution in [0.25, 0.3) is 0 Å². The Morgan fingerprint density at radius 3 is 2.71 bits per heavy atom. The van der Waals surface area contributed by atoms with Gasteiger partial charge in [-0.1, -0.05) is 13.8 Å². The van der Waals surface area contributed by atoms with Gasteiger partial charge in [-0.05, 0) is 18.6 Å². The van der Waals surface area contributed by atoms with Crippen LogP contribution in [0.2, 0.25) is 0 Å². The van der Waals surface area contributed by atoms with Gasteiger partial charge in [0.05, 0.1) is 0 Å². The van der Waals surface area contributed by atoms with Crippen LogP contribution in [0.5, 0.6) is 0 Å². The lowest BCUT2D eigenvalue weighted by Gasteiger charge is -2.05. The molecule has 0 saturated carbocycles. The van der Waals surface area contributed by atoms with Gasteiger partial charge in [-0.25, -0.2) is 0 Å². The highest BCUT2D eigenvalue weighted by molar-refractivity contribution is 5.13. The summed E-state index contributed by atoms with van der Waals surface area (Å²) in [5.74, 6) is 4.28. The SMILES string of the molecule is C#CCC(O)c1ccc(C(C)CC)o1. The fourth-order valence-electron chi connectivity index (χ4n) is 1.23. The van der Waals surface area contributed by atoms with Crippen LogP contribution in [0, 0.1) is 12.3 Å². The first-order valence-electron chi connectivity index (χ1n) is 4.90. The predicted octanol–water partition coefficient (Wildman–Crippen LogP) is 2.85. The van der Waals surface area contributed by atoms with E-state index in [-0.39, 0.29) is 0 Å². The van der Waals surface area contributed by atoms with E-state index in [1.54, 1.807) is 6.07 Å². The normalized spacial score (nSPS) is 14.7. The minimum atomic E-state index is -0.669. The van der Waals surface area contributed by atoms with Crippen molar-refractivity contribution in [3.63, 3.8) is 0 Å². The average Bonchev–Trinajstić information content (AvgIpc) is 2.66. The molecule has 14 heavy (non-hydrogen) atoms. The van der Waals surface area contributed by atoms with E-state index in [1.165, 1.54) is 0 Å². The third-order valence-corrected chi connectivity index (χ3v) is 2.39. The number of aliphatic hydroxyl groups is 1. The molecule has 2 atom stereocenters. The highest BCUT2D eigenvalue weighted by Crippen LogP contribution is 2.25. The lowest BCUT2D eigenvalue weighted by atomic mass is 10.1. The number of terminal acetylenes is 1. The number of hydrogen-bond acceptors (Lipinski definition) is 2. The Labute approximate surface area is 84.9 Å². The monoisotopic (exact) mass is 192 g/mol. The standard InChI is InChI=1S/C12H16O2/c1-4-6-10(13)12-8-7-11(14-12)9(3)5-2/h1,7-10,13H,5-6H2,2-3H3. The van der Waals surface area contributed by atoms with Crippen molar-refractivity contribution in [2.24, 2.45) is 0 Å². The molecule has 0 aromatic carbocycles. The summed E-state index contributed by atoms with van der Waals surface area (Å²) in [7, 11) is 0. The second kappa shape index (κ2) is 4.88. The topological polar surface area (TPSA) is 33.4 Å². The molecule has 0 bridgehead atoms. The highest BCUT2D eigenvalue weighted by Gasteiger charge is 2.13. The van der Waals surface area contributed by atoms with E-state index < -0.39 is 6.10 Å². The summed E-state index contributed by atoms with van der Waals surface area (Å²) < 4.78 is 5.51. The fourth-order valence-corrected chi connectivity index (χ4v) is 1.23. The van der Waals surface area contributed by atoms with Gasteiger partial charge < -0.3 is 9.52 Å². The molecule has 0 saturated heterocycles. The number of hydrogen-bond donors (Lipinski definition) is 1. The summed E-state index contributed by atoms with van der Waals surface area (Å²) in [6, 6.07) is 3.70. The van der Waals surface area contributed by atoms with E-state index in [9.17, 15) is 5.11 Å². The van der Waals surface area contributed by atoms with E-state index in [2.05, 4.69) is 19.8 Å². The molecule has 1 N–H and O–H groups in total. The van der Waals surface area contributed by atoms with Crippen molar-refractivity contribution in [1.82, 2.24) is 0 Å². The van der Waals surface area contributed by atoms with Gasteiger partial charge in [0.2, 0.25) is 0 Å². The van der Waals surface area contributed by atoms with E-state index in [4.69, 9.17) is 10.8 Å². The Kier molecular flexibility index (Phi) is 3.79. The van der Waals surface area contributed by atoms with Crippen LogP contribution in [0.1, 0.15) is 50.2 Å². The molecule has 76 valence electrons. The third kappa shape index (κ3) is 2.40. The maximum absolute atomic E-state index is 9.55. The second-order valence-electron chi connectivity index (χ2n) is 3.47. The summed E-state index contributed by atoms with van der Waals surface area (Å²) >= 11 is 0. The van der Waals surface area contributed by atoms with E-state index in [0.29, 0.717) is 18.1 Å². The molecule has 1 rings (SSSR count). The smallest absolute Gasteiger partial charge is 0.133 e. The lowest BCUT2D eigenvalue weighted by Crippen LogP contribution is -1.93. The molecular weight excluding hydrogens is 176 g/mol. The van der Waals surface area contributed by atoms with Crippen LogP contribution in [0.3, 0.4) is 0 Å². The van der Waals surface area contributed by atoms with Gasteiger partial charge in [0.1, 0.15) is 17.6 Å². The summed E-state index contributed by atoms with van der Waals surface area (Å²) in [5, 5.41) is 9.55. The first kappa shape index (κ1) is 10.9. The van der Waals surface area contributed by atoms with Gasteiger partial charge in [0.15, 0.2) is 0 Å². The van der Waals surface area contributed by atoms with Gasteiger partial charge in [-0.2, -0.15) is 0 Å². The van der Waals surface area contributed by atoms with Crippen LogP contribution >= 0.6 is 0 Å². The van der Waals surface area contributed by atoms with Gasteiger partial charge >= 0.3 is 0 Å². The van der Waals surface area contributed by atoms with Crippen LogP contribution in [-0.4, -0.2) is 5.11 Å². The minimum Gasteiger partial charge on any atom is -0.463 e. The number of aliphatic hydroxyl groups excluding tert-OH is 1. The Morgan fingerprint density at radius 1 is 1.50 bits per heavy atom. The minimum absolute atomic E-state index is 0.299. The molecule has 0 aliphatic carbocycles. The zero-order chi connectivity index (χ0) is 10.6. The van der Waals surface area contributed by atoms with Crippen LogP contribution in [0.4, 0.5) is 0 Å². The first-order chi connectivity index (χ1) is 6.69. The predicted molar refractivity (Wildman–Crippen MR) is 55.8 cm³/mol. The zero-order valence-electron chi connectivity index (χ0n) is 8.66. The molecule has 0 fully saturated rings. The first-order valence-corrected chi connectivity index (χ1v) is 4.90. The summed E-state index contributed by atoms with van der Waals surface area (Å²) in [6.07, 6.45) is 5.76. The van der Waals surface area contributed by atoms with Crippen LogP contribution < -0.4 is 0 Å². The fraction of sp³-hybridized carbons (Fsp3) is 0.500. The molecular formula is C12H16O2. The van der Waals surface area contributed by atoms with E-state index in [1.807, 2.05) is 6.07 Å². The molecule has 0 aliphatic heterocycles. The summed E-state index contributed by atoms with van der Waals surface area (Å²) in [4.78, 5) is 0. The molecule has 2 nitrogen and oxygen atoms in total. The third-order valence-electron chi connectivity index (χ3n) is 2.39. The van der Waals surface area contributed by atoms with Crippen LogP contribution in [-0.2, 0) is 0 Å². The van der Waals surface area contributed by atoms with Gasteiger partial charge in [0, 0.05) is 12.3 Å². The van der Waals surface area contributed by atoms with Gasteiger partial charge in [-0.3, -0.25) is 0 Å². The number of rotatable bonds is 4. The Bertz CT molecular complexity index is 319. The lowest BCUT2D eigenvalue weighted by molar-refractivity contribution is 0.152. The number of furan rings is 1. The van der Waals surface area contributed by atoms with Crippen molar-refractivity contribution in [2.45, 2.75) is 38.7 Å². The van der Waals surface area contributed by atoms with E-state index in [0.717, 1.165) is 12.2 Å². The average molecular weight is 192 g/mol. The van der Waals surface area contributed by atoms with Crippen molar-refractivity contribution in [1.29, 1.82) is 0 Å². The van der Waals surface area contributed by atoms with Crippen molar-refractivity contribution in [2.75, 3.05) is 0 Å². The van der Waals surface area contributed by atoms with Crippen molar-refractivity contribution >= 4 is 0 Å². The molecule has 1 heterocycles. The largest absolute Gasteiger partial charge is 0.463 e. The van der Waals surface area contributed by atoms with Crippen molar-refractivity contribution in [3.05, 3.63) is 23.7 Å². The van der Waals surface area contributed by atoms with Gasteiger partial charge in [-0.15, -0.1) is 12.3 Å². The summed E-state index contributed by atoms with van der Waals surface area (Å²) in [5.41, 5.74) is 0. The second-order valence-corrected chi connectivity index (χ2v) is 3.47. The molecule has 0 aliphatic rings. The van der Waals surface area contributed by atoms with Crippen molar-refractivity contribution < 1.29 is 9.52 Å². The quantitative estimate of drug-likeness (QED) is 0.744. The molecule has 0 radical (unpaired) electrons. The Hall–Kier alpha value is -1.20. The molecule has 1 aromatic rings. The Balaban J connectivity index is 2.73. The molecule has 0 spiro atoms. The maximum Gasteiger partial charge on any atom is 0.133 e. The Morgan fingerprint density at radius 2 is 2.14 bits per heavy atom. The van der Waals surface area contributed by atoms with Crippen LogP contribution in [0.15, 0.2) is 16.5 Å². The molecule has 2 heteroatoms. The highest BCUT2D eigenvalue weighted by atomic mass is 16.4. The maximum atomic E-state index is 9.55. The zero-order valence-corrected chi connectivity index (χ0v) is 8.66. The summed E-state index contributed by atoms with van der Waals surface area (Å²) in [6.45, 7) is 4.20. The molecule has 0 amide bonds.